The zero-order valence-corrected chi connectivity index (χ0v) is 16.5. The molecule has 2 bridgehead atoms. The minimum absolute atomic E-state index is 0.189. The summed E-state index contributed by atoms with van der Waals surface area (Å²) in [5, 5.41) is 2.13. The molecular formula is C24H27FN2O. The zero-order chi connectivity index (χ0) is 19.3. The van der Waals surface area contributed by atoms with Crippen molar-refractivity contribution in [2.24, 2.45) is 5.92 Å². The van der Waals surface area contributed by atoms with E-state index >= 15 is 0 Å². The SMILES string of the molecule is CCCc1ccc2c(c1)c1cc(F)ccc1n2CCCN1C(=O)[C@H]2CC[C@@H]1C2. The minimum atomic E-state index is -0.189. The number of hydrogen-bond acceptors (Lipinski definition) is 1. The van der Waals surface area contributed by atoms with E-state index in [1.807, 2.05) is 6.07 Å². The lowest BCUT2D eigenvalue weighted by Gasteiger charge is -2.27. The summed E-state index contributed by atoms with van der Waals surface area (Å²) in [6.07, 6.45) is 6.39. The maximum atomic E-state index is 14.0. The molecule has 5 rings (SSSR count). The molecule has 3 aromatic rings. The number of benzene rings is 2. The van der Waals surface area contributed by atoms with Crippen molar-refractivity contribution in [3.05, 3.63) is 47.8 Å². The fourth-order valence-corrected chi connectivity index (χ4v) is 5.38. The molecule has 2 fully saturated rings. The Kier molecular flexibility index (Phi) is 4.37. The Morgan fingerprint density at radius 2 is 1.82 bits per heavy atom. The van der Waals surface area contributed by atoms with Gasteiger partial charge in [0.05, 0.1) is 0 Å². The molecule has 1 aliphatic heterocycles. The van der Waals surface area contributed by atoms with Gasteiger partial charge in [-0.05, 0) is 68.0 Å². The summed E-state index contributed by atoms with van der Waals surface area (Å²) in [4.78, 5) is 14.5. The topological polar surface area (TPSA) is 25.2 Å². The maximum Gasteiger partial charge on any atom is 0.226 e. The third-order valence-electron chi connectivity index (χ3n) is 6.69. The largest absolute Gasteiger partial charge is 0.340 e. The normalized spacial score (nSPS) is 21.5. The van der Waals surface area contributed by atoms with E-state index in [1.165, 1.54) is 12.0 Å². The number of carbonyl (C=O) groups is 1. The van der Waals surface area contributed by atoms with E-state index in [0.717, 1.165) is 67.0 Å². The predicted octanol–water partition coefficient (Wildman–Crippen LogP) is 5.29. The smallest absolute Gasteiger partial charge is 0.226 e. The number of carbonyl (C=O) groups excluding carboxylic acids is 1. The van der Waals surface area contributed by atoms with Crippen molar-refractivity contribution in [2.45, 2.75) is 58.0 Å². The Labute approximate surface area is 165 Å². The van der Waals surface area contributed by atoms with Crippen LogP contribution in [0, 0.1) is 11.7 Å². The number of aryl methyl sites for hydroxylation is 2. The maximum absolute atomic E-state index is 14.0. The van der Waals surface area contributed by atoms with Crippen molar-refractivity contribution in [1.82, 2.24) is 9.47 Å². The number of fused-ring (bicyclic) bond motifs is 5. The summed E-state index contributed by atoms with van der Waals surface area (Å²) in [6.45, 7) is 3.86. The number of aromatic nitrogens is 1. The number of likely N-dealkylation sites (tertiary alicyclic amines) is 1. The zero-order valence-electron chi connectivity index (χ0n) is 16.5. The first-order chi connectivity index (χ1) is 13.7. The Morgan fingerprint density at radius 3 is 2.57 bits per heavy atom. The van der Waals surface area contributed by atoms with Crippen LogP contribution < -0.4 is 0 Å². The monoisotopic (exact) mass is 378 g/mol. The first kappa shape index (κ1) is 17.7. The fourth-order valence-electron chi connectivity index (χ4n) is 5.38. The number of halogens is 1. The lowest BCUT2D eigenvalue weighted by atomic mass is 10.1. The Hall–Kier alpha value is -2.36. The third kappa shape index (κ3) is 2.81. The van der Waals surface area contributed by atoms with Gasteiger partial charge < -0.3 is 9.47 Å². The quantitative estimate of drug-likeness (QED) is 0.572. The standard InChI is InChI=1S/C24H27FN2O/c1-2-4-16-5-9-22-20(13-16)21-15-18(25)7-10-23(21)27(22)12-3-11-26-19-8-6-17(14-19)24(26)28/h5,7,9-10,13,15,17,19H,2-4,6,8,11-12,14H2,1H3/t17-,19+/m0/s1. The molecule has 2 heterocycles. The van der Waals surface area contributed by atoms with E-state index in [1.54, 1.807) is 12.1 Å². The highest BCUT2D eigenvalue weighted by Crippen LogP contribution is 2.38. The number of amides is 1. The fraction of sp³-hybridized carbons (Fsp3) is 0.458. The molecule has 1 saturated carbocycles. The second kappa shape index (κ2) is 6.91. The number of piperidine rings is 1. The lowest BCUT2D eigenvalue weighted by molar-refractivity contribution is -0.134. The summed E-state index contributed by atoms with van der Waals surface area (Å²) in [5.41, 5.74) is 3.55. The molecular weight excluding hydrogens is 351 g/mol. The molecule has 1 aromatic heterocycles. The van der Waals surface area contributed by atoms with E-state index in [2.05, 4.69) is 34.6 Å². The van der Waals surface area contributed by atoms with Gasteiger partial charge in [-0.3, -0.25) is 4.79 Å². The highest BCUT2D eigenvalue weighted by molar-refractivity contribution is 6.08. The summed E-state index contributed by atoms with van der Waals surface area (Å²) in [6, 6.07) is 12.2. The Morgan fingerprint density at radius 1 is 1.04 bits per heavy atom. The van der Waals surface area contributed by atoms with Crippen LogP contribution in [0.2, 0.25) is 0 Å². The van der Waals surface area contributed by atoms with Gasteiger partial charge >= 0.3 is 0 Å². The van der Waals surface area contributed by atoms with Gasteiger partial charge in [0.2, 0.25) is 5.91 Å². The molecule has 28 heavy (non-hydrogen) atoms. The van der Waals surface area contributed by atoms with Crippen LogP contribution in [0.25, 0.3) is 21.8 Å². The highest BCUT2D eigenvalue weighted by atomic mass is 19.1. The molecule has 146 valence electrons. The van der Waals surface area contributed by atoms with Gasteiger partial charge in [-0.1, -0.05) is 19.4 Å². The number of hydrogen-bond donors (Lipinski definition) is 0. The van der Waals surface area contributed by atoms with Crippen molar-refractivity contribution in [3.63, 3.8) is 0 Å². The van der Waals surface area contributed by atoms with E-state index in [0.29, 0.717) is 17.9 Å². The Balaban J connectivity index is 1.45. The predicted molar refractivity (Wildman–Crippen MR) is 111 cm³/mol. The average Bonchev–Trinajstić information content (AvgIpc) is 3.36. The molecule has 2 atom stereocenters. The number of rotatable bonds is 6. The summed E-state index contributed by atoms with van der Waals surface area (Å²) in [5.74, 6) is 0.467. The molecule has 0 spiro atoms. The van der Waals surface area contributed by atoms with Gasteiger partial charge in [-0.25, -0.2) is 4.39 Å². The highest BCUT2D eigenvalue weighted by Gasteiger charge is 2.43. The molecule has 2 aromatic carbocycles. The van der Waals surface area contributed by atoms with Crippen molar-refractivity contribution in [1.29, 1.82) is 0 Å². The van der Waals surface area contributed by atoms with Crippen molar-refractivity contribution >= 4 is 27.7 Å². The van der Waals surface area contributed by atoms with E-state index in [4.69, 9.17) is 0 Å². The third-order valence-corrected chi connectivity index (χ3v) is 6.69. The molecule has 2 aliphatic rings. The Bertz CT molecular complexity index is 1050. The van der Waals surface area contributed by atoms with Crippen molar-refractivity contribution in [2.75, 3.05) is 6.54 Å². The summed E-state index contributed by atoms with van der Waals surface area (Å²) in [7, 11) is 0. The second-order valence-corrected chi connectivity index (χ2v) is 8.46. The van der Waals surface area contributed by atoms with Crippen molar-refractivity contribution in [3.8, 4) is 0 Å². The molecule has 3 nitrogen and oxygen atoms in total. The van der Waals surface area contributed by atoms with Gasteiger partial charge in [0.15, 0.2) is 0 Å². The van der Waals surface area contributed by atoms with Gasteiger partial charge in [0.1, 0.15) is 5.82 Å². The second-order valence-electron chi connectivity index (χ2n) is 8.46. The van der Waals surface area contributed by atoms with Gasteiger partial charge in [0.25, 0.3) is 0 Å². The molecule has 0 N–H and O–H groups in total. The first-order valence-electron chi connectivity index (χ1n) is 10.7. The van der Waals surface area contributed by atoms with Crippen LogP contribution in [0.15, 0.2) is 36.4 Å². The molecule has 4 heteroatoms. The van der Waals surface area contributed by atoms with Gasteiger partial charge in [-0.2, -0.15) is 0 Å². The number of nitrogens with zero attached hydrogens (tertiary/aromatic N) is 2. The molecule has 1 saturated heterocycles. The van der Waals surface area contributed by atoms with Gasteiger partial charge in [0, 0.05) is 46.9 Å². The van der Waals surface area contributed by atoms with E-state index in [-0.39, 0.29) is 5.82 Å². The van der Waals surface area contributed by atoms with Crippen LogP contribution in [0.3, 0.4) is 0 Å². The van der Waals surface area contributed by atoms with Crippen LogP contribution in [0.5, 0.6) is 0 Å². The van der Waals surface area contributed by atoms with Crippen LogP contribution in [0.1, 0.15) is 44.6 Å². The van der Waals surface area contributed by atoms with Crippen molar-refractivity contribution < 1.29 is 9.18 Å². The summed E-state index contributed by atoms with van der Waals surface area (Å²) >= 11 is 0. The van der Waals surface area contributed by atoms with Gasteiger partial charge in [-0.15, -0.1) is 0 Å². The molecule has 1 amide bonds. The van der Waals surface area contributed by atoms with Crippen LogP contribution in [0.4, 0.5) is 4.39 Å². The molecule has 0 unspecified atom stereocenters. The first-order valence-corrected chi connectivity index (χ1v) is 10.7. The van der Waals surface area contributed by atoms with Crippen LogP contribution in [-0.2, 0) is 17.8 Å². The van der Waals surface area contributed by atoms with E-state index in [9.17, 15) is 9.18 Å². The summed E-state index contributed by atoms with van der Waals surface area (Å²) < 4.78 is 16.3. The lowest BCUT2D eigenvalue weighted by Crippen LogP contribution is -2.37. The average molecular weight is 378 g/mol. The van der Waals surface area contributed by atoms with E-state index < -0.39 is 0 Å². The molecule has 1 aliphatic carbocycles. The molecule has 0 radical (unpaired) electrons. The minimum Gasteiger partial charge on any atom is -0.340 e. The van der Waals surface area contributed by atoms with Crippen LogP contribution >= 0.6 is 0 Å². The van der Waals surface area contributed by atoms with Crippen LogP contribution in [-0.4, -0.2) is 28.0 Å².